The summed E-state index contributed by atoms with van der Waals surface area (Å²) in [6.07, 6.45) is 1.04. The van der Waals surface area contributed by atoms with Gasteiger partial charge in [0.05, 0.1) is 18.3 Å². The van der Waals surface area contributed by atoms with Crippen molar-refractivity contribution in [1.82, 2.24) is 4.57 Å². The van der Waals surface area contributed by atoms with E-state index in [9.17, 15) is 4.79 Å². The lowest BCUT2D eigenvalue weighted by atomic mass is 9.95. The van der Waals surface area contributed by atoms with Gasteiger partial charge in [0.2, 0.25) is 0 Å². The maximum absolute atomic E-state index is 12.7. The van der Waals surface area contributed by atoms with Gasteiger partial charge in [-0.1, -0.05) is 6.92 Å². The van der Waals surface area contributed by atoms with Gasteiger partial charge in [-0.15, -0.1) is 0 Å². The Labute approximate surface area is 143 Å². The van der Waals surface area contributed by atoms with Crippen molar-refractivity contribution in [3.8, 4) is 5.75 Å². The van der Waals surface area contributed by atoms with Gasteiger partial charge >= 0.3 is 0 Å². The summed E-state index contributed by atoms with van der Waals surface area (Å²) in [5.74, 6) is 1.30. The highest BCUT2D eigenvalue weighted by Gasteiger charge is 2.26. The fraction of sp³-hybridized carbons (Fsp3) is 0.526. The molecule has 5 heteroatoms. The summed E-state index contributed by atoms with van der Waals surface area (Å²) >= 11 is 0. The molecular weight excluding hydrogens is 302 g/mol. The van der Waals surface area contributed by atoms with Crippen molar-refractivity contribution in [1.29, 1.82) is 0 Å². The Bertz CT molecular complexity index is 831. The first-order chi connectivity index (χ1) is 11.3. The summed E-state index contributed by atoms with van der Waals surface area (Å²) in [7, 11) is 3.66. The number of aryl methyl sites for hydroxylation is 1. The van der Waals surface area contributed by atoms with Crippen LogP contribution in [0, 0.1) is 19.8 Å². The normalized spacial score (nSPS) is 21.3. The number of hydrogen-bond acceptors (Lipinski definition) is 4. The van der Waals surface area contributed by atoms with Crippen molar-refractivity contribution in [3.63, 3.8) is 0 Å². The predicted molar refractivity (Wildman–Crippen MR) is 99.2 cm³/mol. The molecule has 3 rings (SSSR count). The molecule has 0 unspecified atom stereocenters. The number of ether oxygens (including phenoxy) is 1. The minimum Gasteiger partial charge on any atom is -0.492 e. The van der Waals surface area contributed by atoms with Gasteiger partial charge in [0.15, 0.2) is 11.2 Å². The maximum Gasteiger partial charge on any atom is 0.192 e. The molecule has 0 aliphatic carbocycles. The number of fused-ring (bicyclic) bond motifs is 1. The fourth-order valence-electron chi connectivity index (χ4n) is 3.91. The lowest BCUT2D eigenvalue weighted by Gasteiger charge is -2.37. The number of pyridine rings is 1. The van der Waals surface area contributed by atoms with Gasteiger partial charge in [-0.3, -0.25) is 4.79 Å². The van der Waals surface area contributed by atoms with Crippen LogP contribution in [0.3, 0.4) is 0 Å². The van der Waals surface area contributed by atoms with E-state index >= 15 is 0 Å². The van der Waals surface area contributed by atoms with Gasteiger partial charge in [-0.2, -0.15) is 0 Å². The quantitative estimate of drug-likeness (QED) is 0.919. The number of methoxy groups -OCH3 is 1. The number of rotatable bonds is 2. The minimum absolute atomic E-state index is 0.0779. The van der Waals surface area contributed by atoms with Crippen molar-refractivity contribution in [2.45, 2.75) is 33.2 Å². The highest BCUT2D eigenvalue weighted by atomic mass is 16.5. The number of hydrogen-bond donors (Lipinski definition) is 1. The molecule has 1 aliphatic rings. The largest absolute Gasteiger partial charge is 0.492 e. The lowest BCUT2D eigenvalue weighted by molar-refractivity contribution is 0.388. The number of piperidine rings is 1. The van der Waals surface area contributed by atoms with Gasteiger partial charge in [-0.25, -0.2) is 0 Å². The Hall–Kier alpha value is -2.01. The van der Waals surface area contributed by atoms with Gasteiger partial charge in [-0.05, 0) is 38.3 Å². The highest BCUT2D eigenvalue weighted by Crippen LogP contribution is 2.37. The van der Waals surface area contributed by atoms with Crippen LogP contribution in [-0.4, -0.2) is 30.8 Å². The number of aromatic nitrogens is 1. The van der Waals surface area contributed by atoms with Gasteiger partial charge in [0, 0.05) is 42.8 Å². The van der Waals surface area contributed by atoms with Crippen molar-refractivity contribution in [2.24, 2.45) is 18.7 Å². The third-order valence-electron chi connectivity index (χ3n) is 5.31. The van der Waals surface area contributed by atoms with Gasteiger partial charge in [0.1, 0.15) is 0 Å². The molecule has 0 saturated carbocycles. The van der Waals surface area contributed by atoms with Crippen LogP contribution in [-0.2, 0) is 7.05 Å². The smallest absolute Gasteiger partial charge is 0.192 e. The molecule has 24 heavy (non-hydrogen) atoms. The number of nitrogens with two attached hydrogens (primary N) is 1. The third-order valence-corrected chi connectivity index (χ3v) is 5.31. The molecule has 130 valence electrons. The summed E-state index contributed by atoms with van der Waals surface area (Å²) < 4.78 is 7.83. The number of nitrogens with zero attached hydrogens (tertiary/aromatic N) is 2. The Morgan fingerprint density at radius 3 is 2.58 bits per heavy atom. The second-order valence-corrected chi connectivity index (χ2v) is 7.12. The van der Waals surface area contributed by atoms with E-state index < -0.39 is 0 Å². The van der Waals surface area contributed by atoms with Crippen LogP contribution >= 0.6 is 0 Å². The fourth-order valence-corrected chi connectivity index (χ4v) is 3.91. The molecule has 1 fully saturated rings. The second kappa shape index (κ2) is 6.13. The zero-order valence-electron chi connectivity index (χ0n) is 15.2. The van der Waals surface area contributed by atoms with Crippen LogP contribution in [0.1, 0.15) is 24.6 Å². The molecule has 2 N–H and O–H groups in total. The zero-order valence-corrected chi connectivity index (χ0v) is 15.2. The van der Waals surface area contributed by atoms with Crippen LogP contribution < -0.4 is 20.8 Å². The van der Waals surface area contributed by atoms with E-state index in [4.69, 9.17) is 10.5 Å². The molecule has 0 spiro atoms. The molecule has 5 nitrogen and oxygen atoms in total. The summed E-state index contributed by atoms with van der Waals surface area (Å²) in [5.41, 5.74) is 9.92. The Morgan fingerprint density at radius 2 is 1.96 bits per heavy atom. The van der Waals surface area contributed by atoms with E-state index in [1.54, 1.807) is 7.11 Å². The zero-order chi connectivity index (χ0) is 17.6. The maximum atomic E-state index is 12.7. The second-order valence-electron chi connectivity index (χ2n) is 7.12. The Morgan fingerprint density at radius 1 is 1.25 bits per heavy atom. The number of anilines is 1. The Balaban J connectivity index is 2.26. The van der Waals surface area contributed by atoms with Crippen LogP contribution in [0.15, 0.2) is 16.9 Å². The first-order valence-electron chi connectivity index (χ1n) is 8.52. The third kappa shape index (κ3) is 2.57. The topological polar surface area (TPSA) is 60.5 Å². The summed E-state index contributed by atoms with van der Waals surface area (Å²) in [6, 6.07) is 4.09. The molecule has 2 heterocycles. The van der Waals surface area contributed by atoms with E-state index in [2.05, 4.69) is 16.4 Å². The molecule has 1 aromatic heterocycles. The molecule has 0 amide bonds. The summed E-state index contributed by atoms with van der Waals surface area (Å²) in [6.45, 7) is 7.84. The predicted octanol–water partition coefficient (Wildman–Crippen LogP) is 2.34. The molecule has 1 aliphatic heterocycles. The number of benzene rings is 1. The van der Waals surface area contributed by atoms with Crippen LogP contribution in [0.4, 0.5) is 5.69 Å². The molecule has 2 atom stereocenters. The van der Waals surface area contributed by atoms with E-state index in [1.807, 2.05) is 33.0 Å². The van der Waals surface area contributed by atoms with E-state index in [0.717, 1.165) is 47.7 Å². The average molecular weight is 329 g/mol. The highest BCUT2D eigenvalue weighted by molar-refractivity contribution is 5.91. The van der Waals surface area contributed by atoms with E-state index in [-0.39, 0.29) is 11.5 Å². The Kier molecular flexibility index (Phi) is 4.30. The lowest BCUT2D eigenvalue weighted by Crippen LogP contribution is -2.46. The monoisotopic (exact) mass is 329 g/mol. The van der Waals surface area contributed by atoms with Crippen LogP contribution in [0.25, 0.3) is 10.9 Å². The molecule has 0 bridgehead atoms. The van der Waals surface area contributed by atoms with Gasteiger partial charge in [0.25, 0.3) is 0 Å². The molecule has 1 saturated heterocycles. The van der Waals surface area contributed by atoms with Crippen molar-refractivity contribution in [2.75, 3.05) is 25.1 Å². The first kappa shape index (κ1) is 16.8. The first-order valence-corrected chi connectivity index (χ1v) is 8.52. The molecule has 1 aromatic carbocycles. The molecule has 2 aromatic rings. The standard InChI is InChI=1S/C19H27N3O2/c1-11-8-14(20)10-22(9-11)16-7-6-15-17(19(16)24-5)21(4)13(3)12(2)18(15)23/h6-7,11,14H,8-10,20H2,1-5H3/t11-,14-/m1/s1. The molecule has 0 radical (unpaired) electrons. The van der Waals surface area contributed by atoms with Crippen molar-refractivity contribution >= 4 is 16.6 Å². The minimum atomic E-state index is 0.0779. The van der Waals surface area contributed by atoms with Crippen LogP contribution in [0.5, 0.6) is 5.75 Å². The SMILES string of the molecule is COc1c(N2C[C@H](C)C[C@@H](N)C2)ccc2c(=O)c(C)c(C)n(C)c12. The summed E-state index contributed by atoms with van der Waals surface area (Å²) in [5, 5.41) is 0.704. The van der Waals surface area contributed by atoms with Crippen molar-refractivity contribution in [3.05, 3.63) is 33.6 Å². The molecular formula is C19H27N3O2. The van der Waals surface area contributed by atoms with E-state index in [1.165, 1.54) is 0 Å². The van der Waals surface area contributed by atoms with E-state index in [0.29, 0.717) is 11.3 Å². The summed E-state index contributed by atoms with van der Waals surface area (Å²) in [4.78, 5) is 14.9. The van der Waals surface area contributed by atoms with Crippen molar-refractivity contribution < 1.29 is 4.74 Å². The van der Waals surface area contributed by atoms with Gasteiger partial charge < -0.3 is 19.9 Å². The average Bonchev–Trinajstić information content (AvgIpc) is 2.55. The van der Waals surface area contributed by atoms with Crippen LogP contribution in [0.2, 0.25) is 0 Å².